The Hall–Kier alpha value is -5.75. The lowest BCUT2D eigenvalue weighted by molar-refractivity contribution is -0.384. The minimum Gasteiger partial charge on any atom is -0.494 e. The molecule has 0 bridgehead atoms. The van der Waals surface area contributed by atoms with Gasteiger partial charge in [0.25, 0.3) is 11.6 Å². The van der Waals surface area contributed by atoms with Crippen molar-refractivity contribution in [1.29, 1.82) is 0 Å². The first-order valence-corrected chi connectivity index (χ1v) is 14.6. The molecule has 2 aliphatic rings. The van der Waals surface area contributed by atoms with Crippen molar-refractivity contribution >= 4 is 34.8 Å². The van der Waals surface area contributed by atoms with Crippen LogP contribution in [0.5, 0.6) is 17.2 Å². The summed E-state index contributed by atoms with van der Waals surface area (Å²) in [5.74, 6) is -1.75. The number of nitro benzene ring substituents is 1. The molecule has 0 saturated carbocycles. The van der Waals surface area contributed by atoms with Crippen LogP contribution >= 0.6 is 0 Å². The smallest absolute Gasteiger partial charge is 0.343 e. The normalized spacial score (nSPS) is 18.8. The molecule has 0 radical (unpaired) electrons. The molecule has 2 heterocycles. The van der Waals surface area contributed by atoms with Crippen molar-refractivity contribution in [3.05, 3.63) is 118 Å². The van der Waals surface area contributed by atoms with Crippen molar-refractivity contribution in [3.63, 3.8) is 0 Å². The van der Waals surface area contributed by atoms with Crippen molar-refractivity contribution < 1.29 is 38.4 Å². The molecule has 3 atom stereocenters. The molecule has 4 aromatic rings. The lowest BCUT2D eigenvalue weighted by Crippen LogP contribution is -2.37. The van der Waals surface area contributed by atoms with E-state index in [4.69, 9.17) is 19.0 Å². The Bertz CT molecular complexity index is 1800. The summed E-state index contributed by atoms with van der Waals surface area (Å²) in [7, 11) is 1.41. The Balaban J connectivity index is 1.37. The standard InChI is InChI=1S/C34H29N3O9/c1-3-18-44-26-15-13-23(14-16-26)35-32(38)29-30(36(46-31(29)33(35)39)24-10-7-11-25(20-24)37(41)42)22-12-17-27(28(19-22)43-2)45-34(40)21-8-5-4-6-9-21/h4-17,19-20,29-31H,3,18H2,1-2H3/t29-,30+,31-/m0/s1. The zero-order valence-electron chi connectivity index (χ0n) is 24.9. The van der Waals surface area contributed by atoms with Crippen molar-refractivity contribution in [1.82, 2.24) is 0 Å². The first kappa shape index (κ1) is 30.3. The number of fused-ring (bicyclic) bond motifs is 1. The van der Waals surface area contributed by atoms with E-state index in [1.54, 1.807) is 72.8 Å². The number of non-ortho nitro benzene ring substituents is 1. The highest BCUT2D eigenvalue weighted by atomic mass is 16.7. The van der Waals surface area contributed by atoms with E-state index in [9.17, 15) is 24.5 Å². The summed E-state index contributed by atoms with van der Waals surface area (Å²) in [4.78, 5) is 58.9. The number of hydrogen-bond acceptors (Lipinski definition) is 10. The second-order valence-corrected chi connectivity index (χ2v) is 10.6. The van der Waals surface area contributed by atoms with Gasteiger partial charge in [-0.3, -0.25) is 24.5 Å². The predicted octanol–water partition coefficient (Wildman–Crippen LogP) is 5.66. The van der Waals surface area contributed by atoms with Crippen molar-refractivity contribution in [2.75, 3.05) is 23.7 Å². The van der Waals surface area contributed by atoms with E-state index in [1.807, 2.05) is 6.92 Å². The van der Waals surface area contributed by atoms with Gasteiger partial charge in [-0.2, -0.15) is 0 Å². The van der Waals surface area contributed by atoms with Crippen LogP contribution in [-0.4, -0.2) is 42.5 Å². The molecule has 2 amide bonds. The molecule has 0 unspecified atom stereocenters. The number of carbonyl (C=O) groups excluding carboxylic acids is 3. The minimum atomic E-state index is -1.21. The summed E-state index contributed by atoms with van der Waals surface area (Å²) in [6.45, 7) is 2.52. The lowest BCUT2D eigenvalue weighted by atomic mass is 9.90. The first-order valence-electron chi connectivity index (χ1n) is 14.6. The fourth-order valence-electron chi connectivity index (χ4n) is 5.57. The van der Waals surface area contributed by atoms with E-state index in [2.05, 4.69) is 0 Å². The van der Waals surface area contributed by atoms with Gasteiger partial charge in [-0.25, -0.2) is 14.8 Å². The molecule has 6 rings (SSSR count). The van der Waals surface area contributed by atoms with Crippen LogP contribution in [0.2, 0.25) is 0 Å². The first-order chi connectivity index (χ1) is 22.3. The van der Waals surface area contributed by atoms with E-state index in [-0.39, 0.29) is 22.9 Å². The van der Waals surface area contributed by atoms with Crippen LogP contribution in [0.15, 0.2) is 97.1 Å². The predicted molar refractivity (Wildman–Crippen MR) is 166 cm³/mol. The summed E-state index contributed by atoms with van der Waals surface area (Å²) in [5.41, 5.74) is 1.27. The van der Waals surface area contributed by atoms with Gasteiger partial charge in [-0.1, -0.05) is 37.3 Å². The number of hydroxylamine groups is 1. The number of nitro groups is 1. The van der Waals surface area contributed by atoms with Gasteiger partial charge in [0.2, 0.25) is 5.91 Å². The van der Waals surface area contributed by atoms with Gasteiger partial charge < -0.3 is 14.2 Å². The van der Waals surface area contributed by atoms with Crippen molar-refractivity contribution in [3.8, 4) is 17.2 Å². The van der Waals surface area contributed by atoms with Crippen molar-refractivity contribution in [2.24, 2.45) is 5.92 Å². The zero-order chi connectivity index (χ0) is 32.4. The summed E-state index contributed by atoms with van der Waals surface area (Å²) in [6.07, 6.45) is -0.385. The average molecular weight is 624 g/mol. The maximum atomic E-state index is 14.1. The average Bonchev–Trinajstić information content (AvgIpc) is 3.59. The molecule has 12 nitrogen and oxygen atoms in total. The Morgan fingerprint density at radius 1 is 0.891 bits per heavy atom. The lowest BCUT2D eigenvalue weighted by Gasteiger charge is -2.29. The molecule has 234 valence electrons. The topological polar surface area (TPSA) is 138 Å². The van der Waals surface area contributed by atoms with Gasteiger partial charge in [0.15, 0.2) is 17.6 Å². The Labute approximate surface area is 263 Å². The van der Waals surface area contributed by atoms with E-state index >= 15 is 0 Å². The Kier molecular flexibility index (Phi) is 8.36. The molecule has 12 heteroatoms. The third-order valence-electron chi connectivity index (χ3n) is 7.72. The number of benzene rings is 4. The molecule has 2 saturated heterocycles. The molecule has 0 spiro atoms. The number of amides is 2. The van der Waals surface area contributed by atoms with Crippen LogP contribution in [0, 0.1) is 16.0 Å². The second-order valence-electron chi connectivity index (χ2n) is 10.6. The maximum Gasteiger partial charge on any atom is 0.343 e. The highest BCUT2D eigenvalue weighted by Crippen LogP contribution is 2.49. The zero-order valence-corrected chi connectivity index (χ0v) is 24.9. The molecule has 4 aromatic carbocycles. The molecule has 0 N–H and O–H groups in total. The third-order valence-corrected chi connectivity index (χ3v) is 7.72. The number of hydrogen-bond donors (Lipinski definition) is 0. The Morgan fingerprint density at radius 3 is 2.35 bits per heavy atom. The third kappa shape index (κ3) is 5.61. The molecule has 2 aliphatic heterocycles. The molecule has 2 fully saturated rings. The number of imide groups is 1. The van der Waals surface area contributed by atoms with Crippen molar-refractivity contribution in [2.45, 2.75) is 25.5 Å². The quantitative estimate of drug-likeness (QED) is 0.0715. The summed E-state index contributed by atoms with van der Waals surface area (Å²) >= 11 is 0. The van der Waals surface area contributed by atoms with Gasteiger partial charge >= 0.3 is 5.97 Å². The number of ether oxygens (including phenoxy) is 3. The number of rotatable bonds is 10. The second kappa shape index (κ2) is 12.7. The minimum absolute atomic E-state index is 0.137. The summed E-state index contributed by atoms with van der Waals surface area (Å²) < 4.78 is 16.8. The molecule has 46 heavy (non-hydrogen) atoms. The SMILES string of the molecule is CCCOc1ccc(N2C(=O)[C@@H]3[C@H](ON(c4cccc([N+](=O)[O-])c4)[C@@H]3c3ccc(OC(=O)c4ccccc4)c(OC)c3)C2=O)cc1. The van der Waals surface area contributed by atoms with E-state index in [0.29, 0.717) is 29.2 Å². The molecule has 0 aliphatic carbocycles. The van der Waals surface area contributed by atoms with Gasteiger partial charge in [0.05, 0.1) is 41.6 Å². The van der Waals surface area contributed by atoms with Gasteiger partial charge in [0.1, 0.15) is 11.7 Å². The number of esters is 1. The molecule has 0 aromatic heterocycles. The summed E-state index contributed by atoms with van der Waals surface area (Å²) in [5, 5.41) is 12.9. The van der Waals surface area contributed by atoms with E-state index in [1.165, 1.54) is 36.4 Å². The monoisotopic (exact) mass is 623 g/mol. The highest BCUT2D eigenvalue weighted by molar-refractivity contribution is 6.24. The van der Waals surface area contributed by atoms with Crippen LogP contribution < -0.4 is 24.2 Å². The van der Waals surface area contributed by atoms with E-state index < -0.39 is 40.8 Å². The van der Waals surface area contributed by atoms with Crippen LogP contribution in [0.25, 0.3) is 0 Å². The number of anilines is 2. The Morgan fingerprint density at radius 2 is 1.65 bits per heavy atom. The van der Waals surface area contributed by atoms with Crippen LogP contribution in [0.1, 0.15) is 35.3 Å². The number of carbonyl (C=O) groups is 3. The van der Waals surface area contributed by atoms with Gasteiger partial charge in [-0.05, 0) is 66.6 Å². The largest absolute Gasteiger partial charge is 0.494 e. The van der Waals surface area contributed by atoms with Crippen LogP contribution in [0.3, 0.4) is 0 Å². The fraction of sp³-hybridized carbons (Fsp3) is 0.206. The number of methoxy groups -OCH3 is 1. The van der Waals surface area contributed by atoms with E-state index in [0.717, 1.165) is 11.3 Å². The van der Waals surface area contributed by atoms with Crippen LogP contribution in [-0.2, 0) is 14.4 Å². The summed E-state index contributed by atoms with van der Waals surface area (Å²) in [6, 6.07) is 24.7. The van der Waals surface area contributed by atoms with Gasteiger partial charge in [0, 0.05) is 12.1 Å². The fourth-order valence-corrected chi connectivity index (χ4v) is 5.57. The van der Waals surface area contributed by atoms with Gasteiger partial charge in [-0.15, -0.1) is 0 Å². The molecular weight excluding hydrogens is 594 g/mol. The maximum absolute atomic E-state index is 14.1. The molecular formula is C34H29N3O9. The van der Waals surface area contributed by atoms with Crippen LogP contribution in [0.4, 0.5) is 17.1 Å². The number of nitrogens with zero attached hydrogens (tertiary/aromatic N) is 3. The highest BCUT2D eigenvalue weighted by Gasteiger charge is 2.60.